The number of nitrogens with one attached hydrogen (secondary N) is 1. The van der Waals surface area contributed by atoms with Gasteiger partial charge in [0.2, 0.25) is 5.91 Å². The molecule has 168 valence electrons. The average molecular weight is 485 g/mol. The number of benzene rings is 2. The lowest BCUT2D eigenvalue weighted by molar-refractivity contribution is -0.137. The summed E-state index contributed by atoms with van der Waals surface area (Å²) in [5, 5.41) is 2.45. The molecule has 0 aliphatic heterocycles. The summed E-state index contributed by atoms with van der Waals surface area (Å²) in [5.74, 6) is -0.916. The van der Waals surface area contributed by atoms with Crippen molar-refractivity contribution in [3.05, 3.63) is 98.5 Å². The van der Waals surface area contributed by atoms with Crippen molar-refractivity contribution >= 4 is 29.1 Å². The summed E-state index contributed by atoms with van der Waals surface area (Å²) in [7, 11) is 0. The van der Waals surface area contributed by atoms with Crippen LogP contribution in [0.1, 0.15) is 27.9 Å². The van der Waals surface area contributed by atoms with E-state index >= 15 is 0 Å². The maximum absolute atomic E-state index is 14.2. The van der Waals surface area contributed by atoms with Crippen LogP contribution in [0.25, 0.3) is 0 Å². The van der Waals surface area contributed by atoms with Gasteiger partial charge in [0.25, 0.3) is 0 Å². The summed E-state index contributed by atoms with van der Waals surface area (Å²) >= 11 is 12.1. The topological polar surface area (TPSA) is 42.0 Å². The monoisotopic (exact) mass is 484 g/mol. The molecule has 0 unspecified atom stereocenters. The van der Waals surface area contributed by atoms with Crippen LogP contribution in [-0.2, 0) is 30.2 Å². The highest BCUT2D eigenvalue weighted by atomic mass is 35.5. The van der Waals surface area contributed by atoms with E-state index in [4.69, 9.17) is 23.2 Å². The van der Waals surface area contributed by atoms with Crippen molar-refractivity contribution in [3.8, 4) is 0 Å². The number of nitrogens with zero attached hydrogens (tertiary/aromatic N) is 1. The summed E-state index contributed by atoms with van der Waals surface area (Å²) in [5.41, 5.74) is 0.895. The van der Waals surface area contributed by atoms with Crippen LogP contribution < -0.4 is 5.32 Å². The maximum atomic E-state index is 14.2. The van der Waals surface area contributed by atoms with Crippen LogP contribution in [0.15, 0.2) is 54.7 Å². The molecule has 0 saturated heterocycles. The molecule has 3 nitrogen and oxygen atoms in total. The molecule has 3 rings (SSSR count). The number of hydrogen-bond acceptors (Lipinski definition) is 2. The van der Waals surface area contributed by atoms with Gasteiger partial charge in [0.1, 0.15) is 5.82 Å². The zero-order valence-electron chi connectivity index (χ0n) is 16.6. The van der Waals surface area contributed by atoms with Crippen LogP contribution in [0.2, 0.25) is 10.0 Å². The summed E-state index contributed by atoms with van der Waals surface area (Å²) in [6.07, 6.45) is -2.47. The zero-order valence-corrected chi connectivity index (χ0v) is 18.2. The number of alkyl halides is 3. The third-order valence-electron chi connectivity index (χ3n) is 4.74. The van der Waals surface area contributed by atoms with E-state index in [2.05, 4.69) is 10.3 Å². The van der Waals surface area contributed by atoms with Gasteiger partial charge in [0.15, 0.2) is 0 Å². The Morgan fingerprint density at radius 1 is 1.03 bits per heavy atom. The third kappa shape index (κ3) is 6.43. The van der Waals surface area contributed by atoms with Gasteiger partial charge < -0.3 is 5.32 Å². The smallest absolute Gasteiger partial charge is 0.355 e. The number of carbonyl (C=O) groups is 1. The second kappa shape index (κ2) is 10.3. The minimum Gasteiger partial charge on any atom is -0.355 e. The first kappa shape index (κ1) is 24.0. The highest BCUT2D eigenvalue weighted by Crippen LogP contribution is 2.36. The molecule has 0 aliphatic rings. The van der Waals surface area contributed by atoms with Gasteiger partial charge in [-0.3, -0.25) is 9.78 Å². The first-order valence-electron chi connectivity index (χ1n) is 9.62. The van der Waals surface area contributed by atoms with E-state index in [1.807, 2.05) is 12.1 Å². The van der Waals surface area contributed by atoms with Crippen LogP contribution in [0.4, 0.5) is 17.6 Å². The van der Waals surface area contributed by atoms with Gasteiger partial charge in [-0.1, -0.05) is 41.4 Å². The molecule has 9 heteroatoms. The fourth-order valence-electron chi connectivity index (χ4n) is 3.12. The number of carbonyl (C=O) groups excluding carboxylic acids is 1. The molecule has 0 spiro atoms. The van der Waals surface area contributed by atoms with Crippen molar-refractivity contribution in [1.29, 1.82) is 0 Å². The van der Waals surface area contributed by atoms with E-state index in [0.29, 0.717) is 24.1 Å². The standard InChI is InChI=1S/C23H18Cl2F4N2O/c24-19-12-16(23(27,28)29)13-20(25)18(19)10-14-4-5-21(26)15(9-14)11-22(32)31-8-6-17-3-1-2-7-30-17/h1-5,7,9,12-13H,6,8,10-11H2,(H,31,32). The van der Waals surface area contributed by atoms with E-state index in [0.717, 1.165) is 17.8 Å². The quantitative estimate of drug-likeness (QED) is 0.415. The Morgan fingerprint density at radius 3 is 2.38 bits per heavy atom. The number of aromatic nitrogens is 1. The van der Waals surface area contributed by atoms with Crippen LogP contribution in [0, 0.1) is 5.82 Å². The molecule has 0 bridgehead atoms. The number of halogens is 6. The average Bonchev–Trinajstić information content (AvgIpc) is 2.73. The van der Waals surface area contributed by atoms with Crippen molar-refractivity contribution in [2.75, 3.05) is 6.54 Å². The van der Waals surface area contributed by atoms with Crippen molar-refractivity contribution < 1.29 is 22.4 Å². The maximum Gasteiger partial charge on any atom is 0.416 e. The van der Waals surface area contributed by atoms with E-state index in [1.54, 1.807) is 12.3 Å². The lowest BCUT2D eigenvalue weighted by atomic mass is 9.99. The highest BCUT2D eigenvalue weighted by Gasteiger charge is 2.32. The lowest BCUT2D eigenvalue weighted by Crippen LogP contribution is -2.27. The fraction of sp³-hybridized carbons (Fsp3) is 0.217. The Kier molecular flexibility index (Phi) is 7.74. The number of rotatable bonds is 7. The summed E-state index contributed by atoms with van der Waals surface area (Å²) < 4.78 is 53.0. The Balaban J connectivity index is 1.67. The van der Waals surface area contributed by atoms with Crippen molar-refractivity contribution in [2.45, 2.75) is 25.4 Å². The largest absolute Gasteiger partial charge is 0.416 e. The van der Waals surface area contributed by atoms with Gasteiger partial charge in [0, 0.05) is 41.3 Å². The summed E-state index contributed by atoms with van der Waals surface area (Å²) in [4.78, 5) is 16.4. The summed E-state index contributed by atoms with van der Waals surface area (Å²) in [6.45, 7) is 0.355. The lowest BCUT2D eigenvalue weighted by Gasteiger charge is -2.13. The van der Waals surface area contributed by atoms with Crippen LogP contribution in [-0.4, -0.2) is 17.4 Å². The van der Waals surface area contributed by atoms with Gasteiger partial charge in [-0.25, -0.2) is 4.39 Å². The van der Waals surface area contributed by atoms with Gasteiger partial charge in [0.05, 0.1) is 12.0 Å². The van der Waals surface area contributed by atoms with Crippen LogP contribution >= 0.6 is 23.2 Å². The van der Waals surface area contributed by atoms with Gasteiger partial charge in [-0.15, -0.1) is 0 Å². The molecule has 0 radical (unpaired) electrons. The molecule has 3 aromatic rings. The molecule has 1 aromatic heterocycles. The van der Waals surface area contributed by atoms with Crippen molar-refractivity contribution in [2.24, 2.45) is 0 Å². The molecular formula is C23H18Cl2F4N2O. The molecule has 32 heavy (non-hydrogen) atoms. The summed E-state index contributed by atoms with van der Waals surface area (Å²) in [6, 6.07) is 11.3. The second-order valence-electron chi connectivity index (χ2n) is 7.12. The van der Waals surface area contributed by atoms with Crippen molar-refractivity contribution in [3.63, 3.8) is 0 Å². The molecule has 2 aromatic carbocycles. The molecule has 1 N–H and O–H groups in total. The third-order valence-corrected chi connectivity index (χ3v) is 5.41. The van der Waals surface area contributed by atoms with Crippen LogP contribution in [0.3, 0.4) is 0 Å². The predicted octanol–water partition coefficient (Wildman–Crippen LogP) is 6.04. The SMILES string of the molecule is O=C(Cc1cc(Cc2c(Cl)cc(C(F)(F)F)cc2Cl)ccc1F)NCCc1ccccn1. The predicted molar refractivity (Wildman–Crippen MR) is 115 cm³/mol. The number of amides is 1. The fourth-order valence-corrected chi connectivity index (χ4v) is 3.75. The molecular weight excluding hydrogens is 467 g/mol. The molecule has 0 fully saturated rings. The first-order chi connectivity index (χ1) is 15.1. The normalized spacial score (nSPS) is 11.4. The van der Waals surface area contributed by atoms with E-state index in [9.17, 15) is 22.4 Å². The Labute approximate surface area is 192 Å². The van der Waals surface area contributed by atoms with Crippen LogP contribution in [0.5, 0.6) is 0 Å². The van der Waals surface area contributed by atoms with Gasteiger partial charge in [-0.05, 0) is 47.0 Å². The second-order valence-corrected chi connectivity index (χ2v) is 7.93. The van der Waals surface area contributed by atoms with Gasteiger partial charge in [-0.2, -0.15) is 13.2 Å². The van der Waals surface area contributed by atoms with E-state index < -0.39 is 17.6 Å². The Morgan fingerprint density at radius 2 is 1.75 bits per heavy atom. The highest BCUT2D eigenvalue weighted by molar-refractivity contribution is 6.36. The van der Waals surface area contributed by atoms with E-state index in [-0.39, 0.29) is 34.4 Å². The molecule has 0 saturated carbocycles. The molecule has 0 aliphatic carbocycles. The van der Waals surface area contributed by atoms with E-state index in [1.165, 1.54) is 18.2 Å². The van der Waals surface area contributed by atoms with Crippen molar-refractivity contribution in [1.82, 2.24) is 10.3 Å². The Hall–Kier alpha value is -2.64. The van der Waals surface area contributed by atoms with Gasteiger partial charge >= 0.3 is 6.18 Å². The molecule has 1 heterocycles. The number of pyridine rings is 1. The number of hydrogen-bond donors (Lipinski definition) is 1. The molecule has 0 atom stereocenters. The first-order valence-corrected chi connectivity index (χ1v) is 10.4. The molecule has 1 amide bonds. The Bertz CT molecular complexity index is 1080. The minimum atomic E-state index is -4.57. The zero-order chi connectivity index (χ0) is 23.3. The minimum absolute atomic E-state index is 0.0877.